The van der Waals surface area contributed by atoms with E-state index in [1.54, 1.807) is 30.3 Å². The topological polar surface area (TPSA) is 92.5 Å². The van der Waals surface area contributed by atoms with E-state index in [1.807, 2.05) is 6.07 Å². The molecule has 5 rings (SSSR count). The molecule has 0 bridgehead atoms. The summed E-state index contributed by atoms with van der Waals surface area (Å²) < 4.78 is 25.9. The number of carbonyl (C=O) groups excluding carboxylic acids is 1. The summed E-state index contributed by atoms with van der Waals surface area (Å²) in [4.78, 5) is 14.8. The molecule has 2 aromatic carbocycles. The lowest BCUT2D eigenvalue weighted by Crippen LogP contribution is -2.40. The van der Waals surface area contributed by atoms with Gasteiger partial charge >= 0.3 is 6.01 Å². The summed E-state index contributed by atoms with van der Waals surface area (Å²) in [5.74, 6) is -0.0392. The molecule has 8 nitrogen and oxygen atoms in total. The number of halogens is 1. The standard InChI is InChI=1S/C26H30FN5O3/c27-23-16-21(28-24(33)19-4-2-1-3-5-19)10-11-22(23)25-30-31-26(35-25)29-20-8-6-18(7-9-20)17-32-12-14-34-15-13-32/h1-5,10-11,16,18,20H,6-9,12-15,17H2,(H,28,33)(H,29,31). The number of morpholine rings is 1. The van der Waals surface area contributed by atoms with Crippen LogP contribution in [-0.4, -0.2) is 59.9 Å². The Morgan fingerprint density at radius 2 is 1.80 bits per heavy atom. The number of carbonyl (C=O) groups is 1. The van der Waals surface area contributed by atoms with Gasteiger partial charge in [0.25, 0.3) is 11.8 Å². The van der Waals surface area contributed by atoms with Crippen molar-refractivity contribution in [3.05, 3.63) is 59.9 Å². The second kappa shape index (κ2) is 11.0. The highest BCUT2D eigenvalue weighted by Gasteiger charge is 2.25. The summed E-state index contributed by atoms with van der Waals surface area (Å²) >= 11 is 0. The molecule has 0 atom stereocenters. The van der Waals surface area contributed by atoms with Crippen molar-refractivity contribution in [1.82, 2.24) is 15.1 Å². The average Bonchev–Trinajstić information content (AvgIpc) is 3.34. The highest BCUT2D eigenvalue weighted by atomic mass is 19.1. The summed E-state index contributed by atoms with van der Waals surface area (Å²) in [6.45, 7) is 4.87. The molecule has 2 fully saturated rings. The Bertz CT molecular complexity index is 1130. The van der Waals surface area contributed by atoms with Gasteiger partial charge in [-0.05, 0) is 61.9 Å². The van der Waals surface area contributed by atoms with Crippen LogP contribution in [0.1, 0.15) is 36.0 Å². The van der Waals surface area contributed by atoms with E-state index in [1.165, 1.54) is 12.1 Å². The molecule has 2 heterocycles. The van der Waals surface area contributed by atoms with Gasteiger partial charge < -0.3 is 19.8 Å². The van der Waals surface area contributed by atoms with E-state index in [9.17, 15) is 9.18 Å². The van der Waals surface area contributed by atoms with E-state index in [0.29, 0.717) is 23.2 Å². The zero-order valence-corrected chi connectivity index (χ0v) is 19.6. The number of benzene rings is 2. The highest BCUT2D eigenvalue weighted by Crippen LogP contribution is 2.29. The first-order chi connectivity index (χ1) is 17.1. The Kier molecular flexibility index (Phi) is 7.34. The van der Waals surface area contributed by atoms with Gasteiger partial charge in [0.05, 0.1) is 18.8 Å². The van der Waals surface area contributed by atoms with Gasteiger partial charge in [-0.15, -0.1) is 5.10 Å². The number of nitrogens with one attached hydrogen (secondary N) is 2. The van der Waals surface area contributed by atoms with Crippen LogP contribution in [0.4, 0.5) is 16.1 Å². The third-order valence-electron chi connectivity index (χ3n) is 6.71. The molecule has 1 amide bonds. The van der Waals surface area contributed by atoms with Crippen molar-refractivity contribution < 1.29 is 18.3 Å². The minimum atomic E-state index is -0.547. The first kappa shape index (κ1) is 23.4. The van der Waals surface area contributed by atoms with Gasteiger partial charge in [0.2, 0.25) is 0 Å². The van der Waals surface area contributed by atoms with Gasteiger partial charge in [0.15, 0.2) is 0 Å². The number of anilines is 2. The Morgan fingerprint density at radius 3 is 2.54 bits per heavy atom. The number of rotatable bonds is 7. The summed E-state index contributed by atoms with van der Waals surface area (Å²) in [7, 11) is 0. The third kappa shape index (κ3) is 6.04. The summed E-state index contributed by atoms with van der Waals surface area (Å²) in [6, 6.07) is 13.7. The third-order valence-corrected chi connectivity index (χ3v) is 6.71. The minimum Gasteiger partial charge on any atom is -0.403 e. The maximum absolute atomic E-state index is 14.8. The van der Waals surface area contributed by atoms with Crippen molar-refractivity contribution in [2.75, 3.05) is 43.5 Å². The lowest BCUT2D eigenvalue weighted by atomic mass is 9.85. The second-order valence-corrected chi connectivity index (χ2v) is 9.20. The minimum absolute atomic E-state index is 0.104. The van der Waals surface area contributed by atoms with Crippen molar-refractivity contribution in [3.63, 3.8) is 0 Å². The molecule has 9 heteroatoms. The zero-order chi connectivity index (χ0) is 24.0. The van der Waals surface area contributed by atoms with Crippen LogP contribution in [0.25, 0.3) is 11.5 Å². The molecule has 1 saturated heterocycles. The monoisotopic (exact) mass is 479 g/mol. The van der Waals surface area contributed by atoms with E-state index in [-0.39, 0.29) is 23.4 Å². The van der Waals surface area contributed by atoms with Crippen LogP contribution >= 0.6 is 0 Å². The van der Waals surface area contributed by atoms with E-state index >= 15 is 0 Å². The summed E-state index contributed by atoms with van der Waals surface area (Å²) in [5, 5.41) is 14.1. The van der Waals surface area contributed by atoms with Crippen LogP contribution < -0.4 is 10.6 Å². The van der Waals surface area contributed by atoms with E-state index < -0.39 is 5.82 Å². The number of hydrogen-bond acceptors (Lipinski definition) is 7. The van der Waals surface area contributed by atoms with Crippen LogP contribution in [0, 0.1) is 11.7 Å². The first-order valence-electron chi connectivity index (χ1n) is 12.2. The maximum atomic E-state index is 14.8. The molecule has 0 spiro atoms. The van der Waals surface area contributed by atoms with E-state index in [4.69, 9.17) is 9.15 Å². The van der Waals surface area contributed by atoms with Crippen LogP contribution in [-0.2, 0) is 4.74 Å². The average molecular weight is 480 g/mol. The van der Waals surface area contributed by atoms with Crippen molar-refractivity contribution in [3.8, 4) is 11.5 Å². The fraction of sp³-hybridized carbons (Fsp3) is 0.423. The SMILES string of the molecule is O=C(Nc1ccc(-c2nnc(NC3CCC(CN4CCOCC4)CC3)o2)c(F)c1)c1ccccc1. The van der Waals surface area contributed by atoms with Gasteiger partial charge in [-0.1, -0.05) is 23.3 Å². The molecule has 1 saturated carbocycles. The maximum Gasteiger partial charge on any atom is 0.315 e. The molecule has 1 aliphatic carbocycles. The van der Waals surface area contributed by atoms with Crippen LogP contribution in [0.3, 0.4) is 0 Å². The van der Waals surface area contributed by atoms with Crippen LogP contribution in [0.15, 0.2) is 52.9 Å². The zero-order valence-electron chi connectivity index (χ0n) is 19.6. The van der Waals surface area contributed by atoms with Crippen molar-refractivity contribution in [1.29, 1.82) is 0 Å². The lowest BCUT2D eigenvalue weighted by Gasteiger charge is -2.34. The predicted molar refractivity (Wildman–Crippen MR) is 131 cm³/mol. The summed E-state index contributed by atoms with van der Waals surface area (Å²) in [6.07, 6.45) is 4.38. The van der Waals surface area contributed by atoms with Crippen LogP contribution in [0.5, 0.6) is 0 Å². The quantitative estimate of drug-likeness (QED) is 0.518. The molecule has 2 aliphatic rings. The first-order valence-corrected chi connectivity index (χ1v) is 12.2. The molecule has 0 unspecified atom stereocenters. The van der Waals surface area contributed by atoms with Crippen molar-refractivity contribution in [2.45, 2.75) is 31.7 Å². The molecule has 2 N–H and O–H groups in total. The number of nitrogens with zero attached hydrogens (tertiary/aromatic N) is 3. The fourth-order valence-corrected chi connectivity index (χ4v) is 4.76. The molecule has 184 valence electrons. The molecular formula is C26H30FN5O3. The van der Waals surface area contributed by atoms with E-state index in [2.05, 4.69) is 25.7 Å². The largest absolute Gasteiger partial charge is 0.403 e. The highest BCUT2D eigenvalue weighted by molar-refractivity contribution is 6.04. The summed E-state index contributed by atoms with van der Waals surface area (Å²) in [5.41, 5.74) is 1.05. The van der Waals surface area contributed by atoms with Gasteiger partial charge in [-0.2, -0.15) is 0 Å². The van der Waals surface area contributed by atoms with Crippen molar-refractivity contribution in [2.24, 2.45) is 5.92 Å². The Hall–Kier alpha value is -3.30. The molecule has 0 radical (unpaired) electrons. The molecule has 1 aromatic heterocycles. The van der Waals surface area contributed by atoms with E-state index in [0.717, 1.165) is 58.5 Å². The smallest absolute Gasteiger partial charge is 0.315 e. The lowest BCUT2D eigenvalue weighted by molar-refractivity contribution is 0.0276. The van der Waals surface area contributed by atoms with Gasteiger partial charge in [-0.3, -0.25) is 9.69 Å². The predicted octanol–water partition coefficient (Wildman–Crippen LogP) is 4.43. The number of amides is 1. The molecular weight excluding hydrogens is 449 g/mol. The Balaban J connectivity index is 1.14. The molecule has 3 aromatic rings. The normalized spacial score (nSPS) is 20.9. The second-order valence-electron chi connectivity index (χ2n) is 9.20. The molecule has 1 aliphatic heterocycles. The van der Waals surface area contributed by atoms with Gasteiger partial charge in [0.1, 0.15) is 5.82 Å². The van der Waals surface area contributed by atoms with Gasteiger partial charge in [0, 0.05) is 36.9 Å². The Labute approximate surface area is 203 Å². The van der Waals surface area contributed by atoms with Gasteiger partial charge in [-0.25, -0.2) is 4.39 Å². The molecule has 35 heavy (non-hydrogen) atoms. The van der Waals surface area contributed by atoms with Crippen LogP contribution in [0.2, 0.25) is 0 Å². The number of hydrogen-bond donors (Lipinski definition) is 2. The number of ether oxygens (including phenoxy) is 1. The number of aromatic nitrogens is 2. The van der Waals surface area contributed by atoms with Crippen molar-refractivity contribution >= 4 is 17.6 Å². The Morgan fingerprint density at radius 1 is 1.03 bits per heavy atom. The fourth-order valence-electron chi connectivity index (χ4n) is 4.76.